The lowest BCUT2D eigenvalue weighted by Crippen LogP contribution is -2.15. The fourth-order valence-electron chi connectivity index (χ4n) is 1.05. The average molecular weight is 290 g/mol. The number of pyridine rings is 1. The van der Waals surface area contributed by atoms with Crippen LogP contribution in [0.15, 0.2) is 21.8 Å². The van der Waals surface area contributed by atoms with Gasteiger partial charge >= 0.3 is 5.97 Å². The molecule has 0 fully saturated rings. The molecule has 0 aliphatic rings. The first-order valence-corrected chi connectivity index (χ1v) is 6.23. The Morgan fingerprint density at radius 2 is 2.40 bits per heavy atom. The lowest BCUT2D eigenvalue weighted by atomic mass is 10.3. The summed E-state index contributed by atoms with van der Waals surface area (Å²) in [5.41, 5.74) is 1.05. The molecular weight excluding hydrogens is 278 g/mol. The highest BCUT2D eigenvalue weighted by Gasteiger charge is 2.18. The zero-order chi connectivity index (χ0) is 11.4. The molecule has 0 saturated carbocycles. The first-order valence-electron chi connectivity index (χ1n) is 4.56. The van der Waals surface area contributed by atoms with Gasteiger partial charge in [-0.3, -0.25) is 4.79 Å². The molecular formula is C10H12BrNO2S. The van der Waals surface area contributed by atoms with E-state index in [0.717, 1.165) is 15.1 Å². The molecule has 0 saturated heterocycles. The van der Waals surface area contributed by atoms with Gasteiger partial charge in [0, 0.05) is 6.20 Å². The number of carboxylic acid groups (broad SMARTS) is 1. The minimum atomic E-state index is -0.795. The minimum absolute atomic E-state index is 0.434. The average Bonchev–Trinajstić information content (AvgIpc) is 2.16. The van der Waals surface area contributed by atoms with Crippen LogP contribution in [0, 0.1) is 6.92 Å². The molecule has 1 rings (SSSR count). The van der Waals surface area contributed by atoms with E-state index >= 15 is 0 Å². The number of halogens is 1. The Hall–Kier alpha value is -0.550. The molecule has 15 heavy (non-hydrogen) atoms. The number of hydrogen-bond donors (Lipinski definition) is 1. The molecule has 0 radical (unpaired) electrons. The van der Waals surface area contributed by atoms with Crippen molar-refractivity contribution in [1.82, 2.24) is 4.98 Å². The van der Waals surface area contributed by atoms with Crippen LogP contribution in [-0.2, 0) is 4.79 Å². The monoisotopic (exact) mass is 289 g/mol. The van der Waals surface area contributed by atoms with Crippen LogP contribution >= 0.6 is 27.7 Å². The molecule has 0 bridgehead atoms. The quantitative estimate of drug-likeness (QED) is 0.866. The predicted octanol–water partition coefficient (Wildman–Crippen LogP) is 3.11. The summed E-state index contributed by atoms with van der Waals surface area (Å²) >= 11 is 4.65. The maximum atomic E-state index is 10.8. The van der Waals surface area contributed by atoms with E-state index in [2.05, 4.69) is 20.9 Å². The smallest absolute Gasteiger partial charge is 0.317 e. The number of nitrogens with zero attached hydrogens (tertiary/aromatic N) is 1. The van der Waals surface area contributed by atoms with Crippen LogP contribution in [0.4, 0.5) is 0 Å². The molecule has 0 aliphatic carbocycles. The van der Waals surface area contributed by atoms with Gasteiger partial charge < -0.3 is 5.11 Å². The number of rotatable bonds is 4. The molecule has 1 aromatic rings. The van der Waals surface area contributed by atoms with Crippen LogP contribution in [0.1, 0.15) is 18.9 Å². The summed E-state index contributed by atoms with van der Waals surface area (Å²) in [4.78, 5) is 15.0. The highest BCUT2D eigenvalue weighted by atomic mass is 79.9. The molecule has 1 aromatic heterocycles. The Morgan fingerprint density at radius 1 is 1.73 bits per heavy atom. The Morgan fingerprint density at radius 3 is 2.87 bits per heavy atom. The largest absolute Gasteiger partial charge is 0.480 e. The summed E-state index contributed by atoms with van der Waals surface area (Å²) in [6.07, 6.45) is 2.32. The number of thioether (sulfide) groups is 1. The molecule has 3 nitrogen and oxygen atoms in total. The Labute approximate surface area is 101 Å². The third-order valence-electron chi connectivity index (χ3n) is 1.84. The van der Waals surface area contributed by atoms with E-state index < -0.39 is 11.2 Å². The normalized spacial score (nSPS) is 12.5. The van der Waals surface area contributed by atoms with Crippen LogP contribution < -0.4 is 0 Å². The number of carboxylic acids is 1. The second kappa shape index (κ2) is 5.51. The highest BCUT2D eigenvalue weighted by Crippen LogP contribution is 2.30. The van der Waals surface area contributed by atoms with Gasteiger partial charge in [0.25, 0.3) is 0 Å². The minimum Gasteiger partial charge on any atom is -0.480 e. The number of aryl methyl sites for hydroxylation is 1. The van der Waals surface area contributed by atoms with E-state index in [-0.39, 0.29) is 0 Å². The Bertz CT molecular complexity index is 370. The zero-order valence-electron chi connectivity index (χ0n) is 8.53. The van der Waals surface area contributed by atoms with E-state index in [1.165, 1.54) is 11.8 Å². The maximum absolute atomic E-state index is 10.8. The van der Waals surface area contributed by atoms with Crippen molar-refractivity contribution in [3.63, 3.8) is 0 Å². The summed E-state index contributed by atoms with van der Waals surface area (Å²) in [7, 11) is 0. The number of aromatic nitrogens is 1. The summed E-state index contributed by atoms with van der Waals surface area (Å²) in [6.45, 7) is 3.80. The van der Waals surface area contributed by atoms with E-state index in [1.54, 1.807) is 6.20 Å². The molecule has 0 aromatic carbocycles. The number of carbonyl (C=O) groups is 1. The molecule has 1 N–H and O–H groups in total. The van der Waals surface area contributed by atoms with Gasteiger partial charge in [0.05, 0.1) is 4.47 Å². The van der Waals surface area contributed by atoms with Crippen molar-refractivity contribution in [2.75, 3.05) is 0 Å². The van der Waals surface area contributed by atoms with Crippen molar-refractivity contribution in [2.24, 2.45) is 0 Å². The third-order valence-corrected chi connectivity index (χ3v) is 4.08. The van der Waals surface area contributed by atoms with Crippen LogP contribution in [0.3, 0.4) is 0 Å². The van der Waals surface area contributed by atoms with Gasteiger partial charge in [-0.25, -0.2) is 4.98 Å². The standard InChI is InChI=1S/C10H12BrNO2S/c1-3-8(10(13)14)15-9-7(11)4-6(2)5-12-9/h4-5,8H,3H2,1-2H3,(H,13,14). The van der Waals surface area contributed by atoms with Crippen molar-refractivity contribution >= 4 is 33.7 Å². The first-order chi connectivity index (χ1) is 7.04. The fraction of sp³-hybridized carbons (Fsp3) is 0.400. The summed E-state index contributed by atoms with van der Waals surface area (Å²) in [6, 6.07) is 1.93. The molecule has 5 heteroatoms. The molecule has 1 unspecified atom stereocenters. The van der Waals surface area contributed by atoms with Crippen molar-refractivity contribution in [2.45, 2.75) is 30.5 Å². The molecule has 1 heterocycles. The zero-order valence-corrected chi connectivity index (χ0v) is 10.9. The fourth-order valence-corrected chi connectivity index (χ4v) is 2.62. The topological polar surface area (TPSA) is 50.2 Å². The maximum Gasteiger partial charge on any atom is 0.317 e. The van der Waals surface area contributed by atoms with Gasteiger partial charge in [0.15, 0.2) is 0 Å². The molecule has 82 valence electrons. The van der Waals surface area contributed by atoms with Gasteiger partial charge in [-0.1, -0.05) is 18.7 Å². The van der Waals surface area contributed by atoms with Crippen molar-refractivity contribution in [1.29, 1.82) is 0 Å². The van der Waals surface area contributed by atoms with Crippen molar-refractivity contribution < 1.29 is 9.90 Å². The van der Waals surface area contributed by atoms with Gasteiger partial charge in [0.2, 0.25) is 0 Å². The Balaban J connectivity index is 2.84. The van der Waals surface area contributed by atoms with E-state index in [1.807, 2.05) is 19.9 Å². The summed E-state index contributed by atoms with van der Waals surface area (Å²) < 4.78 is 0.854. The predicted molar refractivity (Wildman–Crippen MR) is 64.2 cm³/mol. The third kappa shape index (κ3) is 3.50. The molecule has 0 aliphatic heterocycles. The summed E-state index contributed by atoms with van der Waals surface area (Å²) in [5, 5.41) is 9.21. The van der Waals surface area contributed by atoms with Crippen molar-refractivity contribution in [3.8, 4) is 0 Å². The molecule has 0 amide bonds. The highest BCUT2D eigenvalue weighted by molar-refractivity contribution is 9.10. The lowest BCUT2D eigenvalue weighted by Gasteiger charge is -2.09. The first kappa shape index (κ1) is 12.5. The van der Waals surface area contributed by atoms with Crippen LogP contribution in [-0.4, -0.2) is 21.3 Å². The van der Waals surface area contributed by atoms with Crippen LogP contribution in [0.2, 0.25) is 0 Å². The SMILES string of the molecule is CCC(Sc1ncc(C)cc1Br)C(=O)O. The van der Waals surface area contributed by atoms with Gasteiger partial charge in [-0.05, 0) is 40.9 Å². The second-order valence-electron chi connectivity index (χ2n) is 3.15. The van der Waals surface area contributed by atoms with E-state index in [4.69, 9.17) is 5.11 Å². The summed E-state index contributed by atoms with van der Waals surface area (Å²) in [5.74, 6) is -0.795. The lowest BCUT2D eigenvalue weighted by molar-refractivity contribution is -0.136. The molecule has 0 spiro atoms. The van der Waals surface area contributed by atoms with Gasteiger partial charge in [-0.15, -0.1) is 0 Å². The second-order valence-corrected chi connectivity index (χ2v) is 5.20. The van der Waals surface area contributed by atoms with E-state index in [9.17, 15) is 4.79 Å². The number of aliphatic carboxylic acids is 1. The Kier molecular flexibility index (Phi) is 4.60. The van der Waals surface area contributed by atoms with E-state index in [0.29, 0.717) is 6.42 Å². The van der Waals surface area contributed by atoms with Crippen LogP contribution in [0.5, 0.6) is 0 Å². The number of hydrogen-bond acceptors (Lipinski definition) is 3. The van der Waals surface area contributed by atoms with Gasteiger partial charge in [-0.2, -0.15) is 0 Å². The van der Waals surface area contributed by atoms with Crippen LogP contribution in [0.25, 0.3) is 0 Å². The van der Waals surface area contributed by atoms with Gasteiger partial charge in [0.1, 0.15) is 10.3 Å². The molecule has 1 atom stereocenters. The van der Waals surface area contributed by atoms with Crippen molar-refractivity contribution in [3.05, 3.63) is 22.3 Å².